The van der Waals surface area contributed by atoms with Crippen LogP contribution in [0.1, 0.15) is 12.8 Å². The van der Waals surface area contributed by atoms with E-state index >= 15 is 0 Å². The van der Waals surface area contributed by atoms with Crippen LogP contribution < -0.4 is 16.0 Å². The predicted octanol–water partition coefficient (Wildman–Crippen LogP) is -0.292. The predicted molar refractivity (Wildman–Crippen MR) is 47.2 cm³/mol. The van der Waals surface area contributed by atoms with Crippen molar-refractivity contribution in [3.8, 4) is 0 Å². The smallest absolute Gasteiger partial charge is 0.0842 e. The van der Waals surface area contributed by atoms with Crippen LogP contribution in [-0.2, 0) is 0 Å². The molecule has 0 aromatic heterocycles. The minimum atomic E-state index is 0.0781. The van der Waals surface area contributed by atoms with Crippen molar-refractivity contribution in [3.05, 3.63) is 6.42 Å². The van der Waals surface area contributed by atoms with Gasteiger partial charge >= 0.3 is 0 Å². The second-order valence-corrected chi connectivity index (χ2v) is 3.04. The van der Waals surface area contributed by atoms with E-state index in [0.29, 0.717) is 6.04 Å². The lowest BCUT2D eigenvalue weighted by atomic mass is 10.1. The minimum absolute atomic E-state index is 0.0781. The van der Waals surface area contributed by atoms with Gasteiger partial charge in [0.15, 0.2) is 0 Å². The molecule has 3 nitrogen and oxygen atoms in total. The molecule has 3 heteroatoms. The van der Waals surface area contributed by atoms with Crippen LogP contribution in [0.15, 0.2) is 0 Å². The first-order valence-electron chi connectivity index (χ1n) is 4.16. The lowest BCUT2D eigenvalue weighted by Crippen LogP contribution is -2.62. The van der Waals surface area contributed by atoms with E-state index in [1.165, 1.54) is 0 Å². The Bertz CT molecular complexity index is 121. The summed E-state index contributed by atoms with van der Waals surface area (Å²) in [6.45, 7) is 0. The highest BCUT2D eigenvalue weighted by Gasteiger charge is 2.39. The summed E-state index contributed by atoms with van der Waals surface area (Å²) in [5, 5.41) is 9.95. The van der Waals surface area contributed by atoms with Crippen LogP contribution in [0.2, 0.25) is 0 Å². The van der Waals surface area contributed by atoms with Crippen LogP contribution in [0.5, 0.6) is 0 Å². The quantitative estimate of drug-likeness (QED) is 0.491. The van der Waals surface area contributed by atoms with Gasteiger partial charge in [-0.25, -0.2) is 0 Å². The van der Waals surface area contributed by atoms with Crippen molar-refractivity contribution in [3.63, 3.8) is 0 Å². The van der Waals surface area contributed by atoms with E-state index in [4.69, 9.17) is 0 Å². The van der Waals surface area contributed by atoms with Crippen LogP contribution >= 0.6 is 0 Å². The molecule has 0 saturated heterocycles. The highest BCUT2D eigenvalue weighted by atomic mass is 15.2. The Labute approximate surface area is 68.9 Å². The Balaban J connectivity index is 2.63. The van der Waals surface area contributed by atoms with Crippen LogP contribution in [0, 0.1) is 6.42 Å². The molecule has 1 atom stereocenters. The SMILES string of the molecule is CNC1C[CH]CC1(NC)NC. The highest BCUT2D eigenvalue weighted by molar-refractivity contribution is 5.06. The molecule has 11 heavy (non-hydrogen) atoms. The molecule has 1 saturated carbocycles. The highest BCUT2D eigenvalue weighted by Crippen LogP contribution is 2.25. The van der Waals surface area contributed by atoms with Gasteiger partial charge in [-0.15, -0.1) is 0 Å². The van der Waals surface area contributed by atoms with E-state index in [9.17, 15) is 0 Å². The zero-order valence-corrected chi connectivity index (χ0v) is 7.57. The Morgan fingerprint density at radius 3 is 2.27 bits per heavy atom. The van der Waals surface area contributed by atoms with E-state index < -0.39 is 0 Å². The van der Waals surface area contributed by atoms with E-state index in [0.717, 1.165) is 12.8 Å². The number of hydrogen-bond donors (Lipinski definition) is 3. The van der Waals surface area contributed by atoms with Crippen molar-refractivity contribution in [2.75, 3.05) is 21.1 Å². The molecule has 1 aliphatic rings. The first kappa shape index (κ1) is 8.97. The summed E-state index contributed by atoms with van der Waals surface area (Å²) in [6.07, 6.45) is 4.54. The van der Waals surface area contributed by atoms with E-state index in [1.54, 1.807) is 0 Å². The molecule has 65 valence electrons. The van der Waals surface area contributed by atoms with Gasteiger partial charge in [0.2, 0.25) is 0 Å². The van der Waals surface area contributed by atoms with E-state index in [-0.39, 0.29) is 5.66 Å². The third-order valence-corrected chi connectivity index (χ3v) is 2.70. The molecule has 1 radical (unpaired) electrons. The molecule has 0 heterocycles. The second-order valence-electron chi connectivity index (χ2n) is 3.04. The van der Waals surface area contributed by atoms with E-state index in [2.05, 4.69) is 22.4 Å². The Morgan fingerprint density at radius 2 is 1.91 bits per heavy atom. The fourth-order valence-electron chi connectivity index (χ4n) is 1.86. The molecular formula is C8H18N3. The summed E-state index contributed by atoms with van der Waals surface area (Å²) in [4.78, 5) is 0. The summed E-state index contributed by atoms with van der Waals surface area (Å²) < 4.78 is 0. The monoisotopic (exact) mass is 156 g/mol. The topological polar surface area (TPSA) is 36.1 Å². The maximum Gasteiger partial charge on any atom is 0.0842 e. The largest absolute Gasteiger partial charge is 0.314 e. The minimum Gasteiger partial charge on any atom is -0.314 e. The van der Waals surface area contributed by atoms with Gasteiger partial charge in [0.05, 0.1) is 5.66 Å². The molecule has 0 amide bonds. The summed E-state index contributed by atoms with van der Waals surface area (Å²) >= 11 is 0. The lowest BCUT2D eigenvalue weighted by molar-refractivity contribution is 0.249. The number of rotatable bonds is 3. The fraction of sp³-hybridized carbons (Fsp3) is 0.875. The molecule has 1 unspecified atom stereocenters. The van der Waals surface area contributed by atoms with E-state index in [1.807, 2.05) is 21.1 Å². The molecule has 0 aromatic carbocycles. The Morgan fingerprint density at radius 1 is 1.27 bits per heavy atom. The molecule has 0 spiro atoms. The maximum absolute atomic E-state index is 3.32. The van der Waals surface area contributed by atoms with Gasteiger partial charge in [-0.05, 0) is 40.4 Å². The first-order valence-corrected chi connectivity index (χ1v) is 4.16. The second kappa shape index (κ2) is 3.52. The summed E-state index contributed by atoms with van der Waals surface area (Å²) in [5.74, 6) is 0. The van der Waals surface area contributed by atoms with Crippen LogP contribution in [0.25, 0.3) is 0 Å². The molecular weight excluding hydrogens is 138 g/mol. The zero-order chi connectivity index (χ0) is 8.32. The zero-order valence-electron chi connectivity index (χ0n) is 7.57. The lowest BCUT2D eigenvalue weighted by Gasteiger charge is -2.34. The molecule has 1 rings (SSSR count). The van der Waals surface area contributed by atoms with Crippen molar-refractivity contribution >= 4 is 0 Å². The Hall–Kier alpha value is -0.120. The number of hydrogen-bond acceptors (Lipinski definition) is 3. The fourth-order valence-corrected chi connectivity index (χ4v) is 1.86. The number of nitrogens with one attached hydrogen (secondary N) is 3. The van der Waals surface area contributed by atoms with Crippen molar-refractivity contribution in [1.29, 1.82) is 0 Å². The Kier molecular flexibility index (Phi) is 2.87. The van der Waals surface area contributed by atoms with Gasteiger partial charge in [0.1, 0.15) is 0 Å². The molecule has 1 fully saturated rings. The van der Waals surface area contributed by atoms with Gasteiger partial charge in [-0.3, -0.25) is 0 Å². The molecule has 1 aliphatic carbocycles. The average Bonchev–Trinajstić information content (AvgIpc) is 2.47. The van der Waals surface area contributed by atoms with Crippen molar-refractivity contribution in [1.82, 2.24) is 16.0 Å². The summed E-state index contributed by atoms with van der Waals surface area (Å²) in [7, 11) is 6.01. The summed E-state index contributed by atoms with van der Waals surface area (Å²) in [5.41, 5.74) is 0.0781. The third-order valence-electron chi connectivity index (χ3n) is 2.70. The molecule has 3 N–H and O–H groups in total. The van der Waals surface area contributed by atoms with Gasteiger partial charge in [-0.2, -0.15) is 0 Å². The number of likely N-dealkylation sites (N-methyl/N-ethyl adjacent to an activating group) is 3. The molecule has 0 aromatic rings. The van der Waals surface area contributed by atoms with Crippen molar-refractivity contribution in [2.45, 2.75) is 24.5 Å². The first-order chi connectivity index (χ1) is 5.29. The molecule has 0 bridgehead atoms. The van der Waals surface area contributed by atoms with Crippen LogP contribution in [0.3, 0.4) is 0 Å². The normalized spacial score (nSPS) is 29.2. The standard InChI is InChI=1S/C8H18N3/c1-9-7-5-4-6-8(7,10-2)11-3/h4,7,9-11H,5-6H2,1-3H3. The van der Waals surface area contributed by atoms with Gasteiger partial charge in [-0.1, -0.05) is 0 Å². The molecule has 0 aliphatic heterocycles. The van der Waals surface area contributed by atoms with Gasteiger partial charge < -0.3 is 16.0 Å². The summed E-state index contributed by atoms with van der Waals surface area (Å²) in [6, 6.07) is 0.512. The van der Waals surface area contributed by atoms with Gasteiger partial charge in [0, 0.05) is 6.04 Å². The maximum atomic E-state index is 3.32. The third kappa shape index (κ3) is 1.41. The van der Waals surface area contributed by atoms with Crippen molar-refractivity contribution < 1.29 is 0 Å². The van der Waals surface area contributed by atoms with Crippen LogP contribution in [0.4, 0.5) is 0 Å². The van der Waals surface area contributed by atoms with Crippen LogP contribution in [-0.4, -0.2) is 32.8 Å². The average molecular weight is 156 g/mol. The van der Waals surface area contributed by atoms with Gasteiger partial charge in [0.25, 0.3) is 0 Å². The van der Waals surface area contributed by atoms with Crippen molar-refractivity contribution in [2.24, 2.45) is 0 Å².